The standard InChI is InChI=1S/C13H9ClF2/c14-13-8-12(16)6-3-10(13)7-9-1-4-11(15)5-2-9/h1-6,8H,7H2. The third-order valence-corrected chi connectivity index (χ3v) is 2.67. The Balaban J connectivity index is 2.23. The average Bonchev–Trinajstić information content (AvgIpc) is 2.25. The topological polar surface area (TPSA) is 0 Å². The summed E-state index contributed by atoms with van der Waals surface area (Å²) in [6.07, 6.45) is 0.569. The van der Waals surface area contributed by atoms with Gasteiger partial charge in [0.1, 0.15) is 11.6 Å². The Morgan fingerprint density at radius 3 is 2.12 bits per heavy atom. The summed E-state index contributed by atoms with van der Waals surface area (Å²) >= 11 is 5.90. The van der Waals surface area contributed by atoms with Crippen LogP contribution in [0.25, 0.3) is 0 Å². The summed E-state index contributed by atoms with van der Waals surface area (Å²) in [5, 5.41) is 0.393. The second kappa shape index (κ2) is 4.62. The van der Waals surface area contributed by atoms with E-state index < -0.39 is 0 Å². The fourth-order valence-electron chi connectivity index (χ4n) is 1.49. The summed E-state index contributed by atoms with van der Waals surface area (Å²) < 4.78 is 25.5. The van der Waals surface area contributed by atoms with Gasteiger partial charge in [-0.1, -0.05) is 29.8 Å². The van der Waals surface area contributed by atoms with Crippen LogP contribution in [0.2, 0.25) is 5.02 Å². The van der Waals surface area contributed by atoms with Gasteiger partial charge in [0.25, 0.3) is 0 Å². The molecule has 2 rings (SSSR count). The summed E-state index contributed by atoms with van der Waals surface area (Å²) in [6.45, 7) is 0. The van der Waals surface area contributed by atoms with E-state index in [-0.39, 0.29) is 11.6 Å². The lowest BCUT2D eigenvalue weighted by Crippen LogP contribution is -1.90. The zero-order valence-electron chi connectivity index (χ0n) is 8.38. The van der Waals surface area contributed by atoms with Crippen molar-refractivity contribution in [2.24, 2.45) is 0 Å². The van der Waals surface area contributed by atoms with Crippen LogP contribution in [0.5, 0.6) is 0 Å². The van der Waals surface area contributed by atoms with Crippen molar-refractivity contribution in [3.8, 4) is 0 Å². The fourth-order valence-corrected chi connectivity index (χ4v) is 1.72. The van der Waals surface area contributed by atoms with Gasteiger partial charge in [0.05, 0.1) is 0 Å². The molecule has 2 aromatic rings. The highest BCUT2D eigenvalue weighted by molar-refractivity contribution is 6.31. The third-order valence-electron chi connectivity index (χ3n) is 2.32. The summed E-state index contributed by atoms with van der Waals surface area (Å²) in [5.41, 5.74) is 1.77. The molecule has 0 spiro atoms. The van der Waals surface area contributed by atoms with Crippen molar-refractivity contribution in [2.75, 3.05) is 0 Å². The maximum Gasteiger partial charge on any atom is 0.124 e. The van der Waals surface area contributed by atoms with Crippen LogP contribution < -0.4 is 0 Å². The molecule has 3 heteroatoms. The van der Waals surface area contributed by atoms with Gasteiger partial charge in [-0.05, 0) is 41.8 Å². The monoisotopic (exact) mass is 238 g/mol. The van der Waals surface area contributed by atoms with E-state index >= 15 is 0 Å². The van der Waals surface area contributed by atoms with Crippen molar-refractivity contribution in [2.45, 2.75) is 6.42 Å². The summed E-state index contributed by atoms with van der Waals surface area (Å²) in [5.74, 6) is -0.623. The molecule has 0 saturated carbocycles. The molecule has 0 heterocycles. The van der Waals surface area contributed by atoms with Crippen LogP contribution in [0.4, 0.5) is 8.78 Å². The maximum absolute atomic E-state index is 12.8. The van der Waals surface area contributed by atoms with Crippen LogP contribution in [-0.4, -0.2) is 0 Å². The van der Waals surface area contributed by atoms with Crippen LogP contribution >= 0.6 is 11.6 Å². The minimum absolute atomic E-state index is 0.269. The van der Waals surface area contributed by atoms with Gasteiger partial charge in [0.2, 0.25) is 0 Å². The van der Waals surface area contributed by atoms with Gasteiger partial charge in [0.15, 0.2) is 0 Å². The van der Waals surface area contributed by atoms with Crippen molar-refractivity contribution in [3.05, 3.63) is 70.2 Å². The van der Waals surface area contributed by atoms with E-state index in [1.54, 1.807) is 18.2 Å². The Hall–Kier alpha value is -1.41. The van der Waals surface area contributed by atoms with Gasteiger partial charge in [-0.3, -0.25) is 0 Å². The number of hydrogen-bond donors (Lipinski definition) is 0. The zero-order valence-corrected chi connectivity index (χ0v) is 9.14. The molecule has 0 saturated heterocycles. The molecule has 0 amide bonds. The Bertz CT molecular complexity index is 492. The first-order valence-electron chi connectivity index (χ1n) is 4.83. The molecule has 0 nitrogen and oxygen atoms in total. The average molecular weight is 239 g/mol. The third kappa shape index (κ3) is 2.58. The molecule has 0 aliphatic rings. The molecule has 0 aliphatic heterocycles. The van der Waals surface area contributed by atoms with Crippen molar-refractivity contribution < 1.29 is 8.78 Å². The molecule has 16 heavy (non-hydrogen) atoms. The number of rotatable bonds is 2. The highest BCUT2D eigenvalue weighted by Crippen LogP contribution is 2.20. The lowest BCUT2D eigenvalue weighted by Gasteiger charge is -2.04. The van der Waals surface area contributed by atoms with Gasteiger partial charge < -0.3 is 0 Å². The minimum atomic E-state index is -0.354. The van der Waals surface area contributed by atoms with Crippen molar-refractivity contribution >= 4 is 11.6 Å². The molecule has 0 N–H and O–H groups in total. The lowest BCUT2D eigenvalue weighted by molar-refractivity contribution is 0.627. The lowest BCUT2D eigenvalue weighted by atomic mass is 10.1. The summed E-state index contributed by atoms with van der Waals surface area (Å²) in [7, 11) is 0. The second-order valence-electron chi connectivity index (χ2n) is 3.54. The SMILES string of the molecule is Fc1ccc(Cc2ccc(F)cc2Cl)cc1. The zero-order chi connectivity index (χ0) is 11.5. The molecule has 82 valence electrons. The molecule has 0 bridgehead atoms. The van der Waals surface area contributed by atoms with E-state index in [2.05, 4.69) is 0 Å². The van der Waals surface area contributed by atoms with E-state index in [0.29, 0.717) is 11.4 Å². The molecule has 0 aromatic heterocycles. The van der Waals surface area contributed by atoms with Crippen molar-refractivity contribution in [3.63, 3.8) is 0 Å². The molecule has 0 unspecified atom stereocenters. The molecule has 0 aliphatic carbocycles. The molecular formula is C13H9ClF2. The Kier molecular flexibility index (Phi) is 3.20. The van der Waals surface area contributed by atoms with Crippen LogP contribution in [0.3, 0.4) is 0 Å². The quantitative estimate of drug-likeness (QED) is 0.735. The second-order valence-corrected chi connectivity index (χ2v) is 3.95. The van der Waals surface area contributed by atoms with E-state index in [1.165, 1.54) is 24.3 Å². The minimum Gasteiger partial charge on any atom is -0.207 e. The van der Waals surface area contributed by atoms with Gasteiger partial charge >= 0.3 is 0 Å². The van der Waals surface area contributed by atoms with E-state index in [0.717, 1.165) is 11.1 Å². The first kappa shape index (κ1) is 11.1. The van der Waals surface area contributed by atoms with Crippen LogP contribution in [0, 0.1) is 11.6 Å². The largest absolute Gasteiger partial charge is 0.207 e. The molecular weight excluding hydrogens is 230 g/mol. The van der Waals surface area contributed by atoms with Gasteiger partial charge in [-0.25, -0.2) is 8.78 Å². The predicted molar refractivity (Wildman–Crippen MR) is 60.6 cm³/mol. The first-order valence-corrected chi connectivity index (χ1v) is 5.21. The normalized spacial score (nSPS) is 10.4. The molecule has 2 aromatic carbocycles. The Labute approximate surface area is 97.5 Å². The van der Waals surface area contributed by atoms with E-state index in [9.17, 15) is 8.78 Å². The number of benzene rings is 2. The predicted octanol–water partition coefficient (Wildman–Crippen LogP) is 4.21. The summed E-state index contributed by atoms with van der Waals surface area (Å²) in [4.78, 5) is 0. The first-order chi connectivity index (χ1) is 7.65. The maximum atomic E-state index is 12.8. The number of halogens is 3. The number of hydrogen-bond acceptors (Lipinski definition) is 0. The van der Waals surface area contributed by atoms with Crippen molar-refractivity contribution in [1.82, 2.24) is 0 Å². The summed E-state index contributed by atoms with van der Waals surface area (Å²) in [6, 6.07) is 10.5. The van der Waals surface area contributed by atoms with Crippen LogP contribution in [0.1, 0.15) is 11.1 Å². The molecule has 0 fully saturated rings. The van der Waals surface area contributed by atoms with Crippen LogP contribution in [0.15, 0.2) is 42.5 Å². The Morgan fingerprint density at radius 2 is 1.50 bits per heavy atom. The molecule has 0 atom stereocenters. The smallest absolute Gasteiger partial charge is 0.124 e. The van der Waals surface area contributed by atoms with E-state index in [1.807, 2.05) is 0 Å². The van der Waals surface area contributed by atoms with Crippen molar-refractivity contribution in [1.29, 1.82) is 0 Å². The van der Waals surface area contributed by atoms with Gasteiger partial charge in [0, 0.05) is 5.02 Å². The highest BCUT2D eigenvalue weighted by Gasteiger charge is 2.03. The fraction of sp³-hybridized carbons (Fsp3) is 0.0769. The molecule has 0 radical (unpaired) electrons. The van der Waals surface area contributed by atoms with Gasteiger partial charge in [-0.2, -0.15) is 0 Å². The highest BCUT2D eigenvalue weighted by atomic mass is 35.5. The van der Waals surface area contributed by atoms with E-state index in [4.69, 9.17) is 11.6 Å². The van der Waals surface area contributed by atoms with Gasteiger partial charge in [-0.15, -0.1) is 0 Å². The van der Waals surface area contributed by atoms with Crippen LogP contribution in [-0.2, 0) is 6.42 Å². The Morgan fingerprint density at radius 1 is 0.875 bits per heavy atom.